The van der Waals surface area contributed by atoms with Crippen LogP contribution in [0, 0.1) is 13.8 Å². The number of hydrogen-bond acceptors (Lipinski definition) is 2. The molecule has 1 aromatic heterocycles. The fourth-order valence-electron chi connectivity index (χ4n) is 3.69. The number of aryl methyl sites for hydroxylation is 2. The summed E-state index contributed by atoms with van der Waals surface area (Å²) in [4.78, 5) is 3.72. The van der Waals surface area contributed by atoms with Crippen molar-refractivity contribution in [2.75, 3.05) is 11.4 Å². The van der Waals surface area contributed by atoms with E-state index >= 15 is 0 Å². The summed E-state index contributed by atoms with van der Waals surface area (Å²) in [5.41, 5.74) is 6.32. The number of fused-ring (bicyclic) bond motifs is 1. The van der Waals surface area contributed by atoms with Crippen molar-refractivity contribution in [2.24, 2.45) is 0 Å². The highest BCUT2D eigenvalue weighted by Crippen LogP contribution is 2.46. The van der Waals surface area contributed by atoms with E-state index in [0.29, 0.717) is 0 Å². The van der Waals surface area contributed by atoms with Crippen LogP contribution < -0.4 is 33.4 Å². The minimum absolute atomic E-state index is 0. The van der Waals surface area contributed by atoms with E-state index < -0.39 is 0 Å². The van der Waals surface area contributed by atoms with Crippen molar-refractivity contribution in [3.05, 3.63) is 93.2 Å². The van der Waals surface area contributed by atoms with Crippen molar-refractivity contribution < 1.29 is 28.5 Å². The van der Waals surface area contributed by atoms with E-state index in [1.165, 1.54) is 38.1 Å². The zero-order valence-corrected chi connectivity index (χ0v) is 20.6. The molecule has 0 saturated carbocycles. The van der Waals surface area contributed by atoms with Crippen LogP contribution in [0.15, 0.2) is 70.6 Å². The molecule has 0 spiro atoms. The van der Waals surface area contributed by atoms with E-state index in [9.17, 15) is 0 Å². The molecular formula is C24H24ClIN2S. The second kappa shape index (κ2) is 9.54. The number of rotatable bonds is 4. The van der Waals surface area contributed by atoms with Gasteiger partial charge in [0.05, 0.1) is 10.7 Å². The summed E-state index contributed by atoms with van der Waals surface area (Å²) in [6, 6.07) is 21.3. The highest BCUT2D eigenvalue weighted by molar-refractivity contribution is 8.03. The van der Waals surface area contributed by atoms with Crippen molar-refractivity contribution in [3.63, 3.8) is 0 Å². The molecule has 0 radical (unpaired) electrons. The monoisotopic (exact) mass is 534 g/mol. The van der Waals surface area contributed by atoms with Crippen LogP contribution in [-0.2, 0) is 6.54 Å². The zero-order valence-electron chi connectivity index (χ0n) is 16.8. The van der Waals surface area contributed by atoms with E-state index in [-0.39, 0.29) is 24.0 Å². The Hall–Kier alpha value is -1.50. The highest BCUT2D eigenvalue weighted by atomic mass is 127. The lowest BCUT2D eigenvalue weighted by molar-refractivity contribution is -0.700. The van der Waals surface area contributed by atoms with Crippen molar-refractivity contribution in [1.82, 2.24) is 0 Å². The van der Waals surface area contributed by atoms with Gasteiger partial charge in [0, 0.05) is 48.0 Å². The van der Waals surface area contributed by atoms with Gasteiger partial charge >= 0.3 is 0 Å². The first-order chi connectivity index (χ1) is 13.5. The molecular weight excluding hydrogens is 511 g/mol. The molecule has 0 saturated heterocycles. The lowest BCUT2D eigenvalue weighted by atomic mass is 10.1. The van der Waals surface area contributed by atoms with Gasteiger partial charge in [0.25, 0.3) is 0 Å². The molecule has 0 fully saturated rings. The van der Waals surface area contributed by atoms with Gasteiger partial charge in [-0.1, -0.05) is 47.6 Å². The number of thioether (sulfide) groups is 1. The van der Waals surface area contributed by atoms with Gasteiger partial charge in [-0.15, -0.1) is 0 Å². The van der Waals surface area contributed by atoms with Crippen molar-refractivity contribution in [3.8, 4) is 0 Å². The molecule has 150 valence electrons. The summed E-state index contributed by atoms with van der Waals surface area (Å²) in [5.74, 6) is 0. The standard InChI is InChI=1S/C24H24ClN2S.HI/c1-4-26-22-7-5-6-8-23(22)28-24(26)15-20-13-17(2)27(18(3)14-20)16-19-9-11-21(25)12-10-19;/h5-15H,4,16H2,1-3H3;1H/q+1;/p-1. The molecule has 2 nitrogen and oxygen atoms in total. The minimum atomic E-state index is 0. The number of benzene rings is 2. The first-order valence-electron chi connectivity index (χ1n) is 9.57. The molecule has 0 aliphatic carbocycles. The predicted octanol–water partition coefficient (Wildman–Crippen LogP) is 3.23. The summed E-state index contributed by atoms with van der Waals surface area (Å²) in [5, 5.41) is 2.07. The fraction of sp³-hybridized carbons (Fsp3) is 0.208. The van der Waals surface area contributed by atoms with Gasteiger partial charge in [-0.25, -0.2) is 0 Å². The Bertz CT molecular complexity index is 1020. The summed E-state index contributed by atoms with van der Waals surface area (Å²) < 4.78 is 2.35. The average molecular weight is 535 g/mol. The van der Waals surface area contributed by atoms with Gasteiger partial charge in [-0.3, -0.25) is 0 Å². The van der Waals surface area contributed by atoms with Crippen LogP contribution in [-0.4, -0.2) is 6.54 Å². The molecule has 0 N–H and O–H groups in total. The van der Waals surface area contributed by atoms with E-state index in [0.717, 1.165) is 18.1 Å². The Labute approximate surface area is 199 Å². The second-order valence-electron chi connectivity index (χ2n) is 7.08. The topological polar surface area (TPSA) is 7.12 Å². The quantitative estimate of drug-likeness (QED) is 0.375. The van der Waals surface area contributed by atoms with Crippen molar-refractivity contribution in [1.29, 1.82) is 0 Å². The lowest BCUT2D eigenvalue weighted by Crippen LogP contribution is -3.00. The number of hydrogen-bond donors (Lipinski definition) is 0. The third kappa shape index (κ3) is 4.81. The fourth-order valence-corrected chi connectivity index (χ4v) is 5.01. The third-order valence-corrected chi connectivity index (χ3v) is 6.46. The Morgan fingerprint density at radius 1 is 1.00 bits per heavy atom. The molecule has 4 rings (SSSR count). The first kappa shape index (κ1) is 22.2. The molecule has 0 unspecified atom stereocenters. The van der Waals surface area contributed by atoms with Crippen LogP contribution in [0.5, 0.6) is 0 Å². The molecule has 0 amide bonds. The Balaban J connectivity index is 0.00000240. The normalized spacial score (nSPS) is 14.1. The zero-order chi connectivity index (χ0) is 19.7. The molecule has 1 aliphatic rings. The van der Waals surface area contributed by atoms with Crippen LogP contribution in [0.25, 0.3) is 6.08 Å². The number of para-hydroxylation sites is 1. The predicted molar refractivity (Wildman–Crippen MR) is 120 cm³/mol. The van der Waals surface area contributed by atoms with Gasteiger partial charge in [0.1, 0.15) is 0 Å². The SMILES string of the molecule is CCN1/C(=C\c2cc(C)[n+](Cc3ccc(Cl)cc3)c(C)c2)Sc2ccccc21.[I-]. The highest BCUT2D eigenvalue weighted by Gasteiger charge is 2.23. The maximum Gasteiger partial charge on any atom is 0.179 e. The van der Waals surface area contributed by atoms with Crippen LogP contribution >= 0.6 is 23.4 Å². The van der Waals surface area contributed by atoms with Crippen LogP contribution in [0.1, 0.15) is 29.4 Å². The van der Waals surface area contributed by atoms with Crippen LogP contribution in [0.2, 0.25) is 5.02 Å². The number of halogens is 2. The van der Waals surface area contributed by atoms with E-state index in [2.05, 4.69) is 84.8 Å². The molecule has 2 aromatic carbocycles. The van der Waals surface area contributed by atoms with Gasteiger partial charge in [0.15, 0.2) is 17.9 Å². The summed E-state index contributed by atoms with van der Waals surface area (Å²) in [6.45, 7) is 8.39. The van der Waals surface area contributed by atoms with E-state index in [1.807, 2.05) is 23.9 Å². The molecule has 0 atom stereocenters. The number of anilines is 1. The van der Waals surface area contributed by atoms with Crippen LogP contribution in [0.3, 0.4) is 0 Å². The largest absolute Gasteiger partial charge is 1.00 e. The minimum Gasteiger partial charge on any atom is -1.00 e. The second-order valence-corrected chi connectivity index (χ2v) is 8.58. The number of nitrogens with zero attached hydrogens (tertiary/aromatic N) is 2. The van der Waals surface area contributed by atoms with Gasteiger partial charge in [-0.2, -0.15) is 4.57 Å². The van der Waals surface area contributed by atoms with Gasteiger partial charge in [-0.05, 0) is 42.8 Å². The van der Waals surface area contributed by atoms with Crippen LogP contribution in [0.4, 0.5) is 5.69 Å². The molecule has 1 aliphatic heterocycles. The Kier molecular flexibility index (Phi) is 7.30. The molecule has 0 bridgehead atoms. The third-order valence-electron chi connectivity index (χ3n) is 5.10. The maximum absolute atomic E-state index is 6.02. The van der Waals surface area contributed by atoms with Crippen molar-refractivity contribution >= 4 is 35.1 Å². The molecule has 3 aromatic rings. The first-order valence-corrected chi connectivity index (χ1v) is 10.8. The summed E-state index contributed by atoms with van der Waals surface area (Å²) in [6.07, 6.45) is 2.31. The van der Waals surface area contributed by atoms with E-state index in [1.54, 1.807) is 0 Å². The van der Waals surface area contributed by atoms with Crippen molar-refractivity contribution in [2.45, 2.75) is 32.2 Å². The molecule has 5 heteroatoms. The van der Waals surface area contributed by atoms with Gasteiger partial charge in [0.2, 0.25) is 0 Å². The van der Waals surface area contributed by atoms with Gasteiger partial charge < -0.3 is 28.9 Å². The lowest BCUT2D eigenvalue weighted by Gasteiger charge is -2.18. The Morgan fingerprint density at radius 3 is 2.31 bits per heavy atom. The smallest absolute Gasteiger partial charge is 0.179 e. The molecule has 2 heterocycles. The Morgan fingerprint density at radius 2 is 1.66 bits per heavy atom. The summed E-state index contributed by atoms with van der Waals surface area (Å²) in [7, 11) is 0. The van der Waals surface area contributed by atoms with E-state index in [4.69, 9.17) is 11.6 Å². The summed E-state index contributed by atoms with van der Waals surface area (Å²) >= 11 is 7.87. The maximum atomic E-state index is 6.02. The number of aromatic nitrogens is 1. The average Bonchev–Trinajstić information content (AvgIpc) is 3.03. The molecule has 29 heavy (non-hydrogen) atoms. The number of pyridine rings is 1.